The van der Waals surface area contributed by atoms with Crippen LogP contribution in [0.4, 0.5) is 13.2 Å². The maximum Gasteiger partial charge on any atom is 0.417 e. The van der Waals surface area contributed by atoms with E-state index in [2.05, 4.69) is 16.4 Å². The van der Waals surface area contributed by atoms with Crippen LogP contribution in [0.2, 0.25) is 0 Å². The zero-order valence-electron chi connectivity index (χ0n) is 11.3. The molecule has 1 atom stereocenters. The predicted molar refractivity (Wildman–Crippen MR) is 72.3 cm³/mol. The Morgan fingerprint density at radius 1 is 1.40 bits per heavy atom. The van der Waals surface area contributed by atoms with Crippen molar-refractivity contribution in [3.63, 3.8) is 0 Å². The Morgan fingerprint density at radius 3 is 2.55 bits per heavy atom. The number of aromatic nitrogens is 1. The number of thioether (sulfide) groups is 1. The summed E-state index contributed by atoms with van der Waals surface area (Å²) < 4.78 is 37.1. The summed E-state index contributed by atoms with van der Waals surface area (Å²) in [6, 6.07) is 4.57. The number of nitriles is 1. The molecule has 1 heterocycles. The van der Waals surface area contributed by atoms with E-state index in [-0.39, 0.29) is 0 Å². The van der Waals surface area contributed by atoms with Gasteiger partial charge in [0.05, 0.1) is 16.7 Å². The lowest BCUT2D eigenvalue weighted by molar-refractivity contribution is -0.137. The van der Waals surface area contributed by atoms with E-state index in [9.17, 15) is 13.2 Å². The van der Waals surface area contributed by atoms with Gasteiger partial charge < -0.3 is 0 Å². The molecule has 1 aromatic heterocycles. The minimum atomic E-state index is -4.36. The molecule has 0 fully saturated rings. The number of nitrogens with zero attached hydrogens (tertiary/aromatic N) is 2. The lowest BCUT2D eigenvalue weighted by Crippen LogP contribution is -2.41. The normalized spacial score (nSPS) is 14.6. The number of nitrogens with one attached hydrogen (secondary N) is 1. The van der Waals surface area contributed by atoms with Crippen molar-refractivity contribution in [2.75, 3.05) is 12.3 Å². The Kier molecular flexibility index (Phi) is 5.84. The molecule has 0 saturated heterocycles. The second kappa shape index (κ2) is 6.95. The van der Waals surface area contributed by atoms with E-state index in [1.807, 2.05) is 6.92 Å². The van der Waals surface area contributed by atoms with Gasteiger partial charge in [0.25, 0.3) is 0 Å². The van der Waals surface area contributed by atoms with Gasteiger partial charge in [-0.1, -0.05) is 6.92 Å². The third-order valence-corrected chi connectivity index (χ3v) is 3.67. The molecule has 110 valence electrons. The number of hydrogen-bond acceptors (Lipinski definition) is 4. The van der Waals surface area contributed by atoms with Crippen molar-refractivity contribution in [2.24, 2.45) is 0 Å². The molecule has 0 bridgehead atoms. The van der Waals surface area contributed by atoms with Gasteiger partial charge in [-0.05, 0) is 32.0 Å². The third kappa shape index (κ3) is 5.02. The maximum absolute atomic E-state index is 12.4. The Bertz CT molecular complexity index is 467. The molecule has 1 aromatic rings. The molecule has 1 rings (SSSR count). The van der Waals surface area contributed by atoms with Crippen LogP contribution in [0.15, 0.2) is 23.4 Å². The summed E-state index contributed by atoms with van der Waals surface area (Å²) >= 11 is 1.34. The molecule has 0 amide bonds. The predicted octanol–water partition coefficient (Wildman–Crippen LogP) is 3.47. The average molecular weight is 303 g/mol. The van der Waals surface area contributed by atoms with Gasteiger partial charge in [0, 0.05) is 11.9 Å². The van der Waals surface area contributed by atoms with Crippen molar-refractivity contribution in [3.8, 4) is 6.07 Å². The number of pyridine rings is 1. The SMILES string of the molecule is CCNC(C)(C#N)CCSc1ccc(C(F)(F)F)cn1. The second-order valence-corrected chi connectivity index (χ2v) is 5.57. The fourth-order valence-corrected chi connectivity index (χ4v) is 2.58. The van der Waals surface area contributed by atoms with Crippen LogP contribution in [-0.2, 0) is 6.18 Å². The van der Waals surface area contributed by atoms with Crippen molar-refractivity contribution in [2.45, 2.75) is 37.0 Å². The van der Waals surface area contributed by atoms with Crippen molar-refractivity contribution in [3.05, 3.63) is 23.9 Å². The molecule has 1 N–H and O–H groups in total. The smallest absolute Gasteiger partial charge is 0.300 e. The molecular formula is C13H16F3N3S. The molecule has 0 saturated carbocycles. The molecule has 0 aliphatic carbocycles. The highest BCUT2D eigenvalue weighted by Gasteiger charge is 2.30. The lowest BCUT2D eigenvalue weighted by Gasteiger charge is -2.21. The highest BCUT2D eigenvalue weighted by atomic mass is 32.2. The molecule has 1 unspecified atom stereocenters. The van der Waals surface area contributed by atoms with Gasteiger partial charge in [0.1, 0.15) is 5.54 Å². The van der Waals surface area contributed by atoms with Crippen LogP contribution in [0.1, 0.15) is 25.8 Å². The van der Waals surface area contributed by atoms with Crippen molar-refractivity contribution in [1.29, 1.82) is 5.26 Å². The topological polar surface area (TPSA) is 48.7 Å². The van der Waals surface area contributed by atoms with E-state index in [0.717, 1.165) is 12.3 Å². The zero-order valence-corrected chi connectivity index (χ0v) is 12.1. The summed E-state index contributed by atoms with van der Waals surface area (Å²) in [7, 11) is 0. The molecule has 0 radical (unpaired) electrons. The fraction of sp³-hybridized carbons (Fsp3) is 0.538. The minimum Gasteiger partial charge on any atom is -0.300 e. The van der Waals surface area contributed by atoms with Crippen LogP contribution in [-0.4, -0.2) is 22.8 Å². The minimum absolute atomic E-state index is 0.523. The van der Waals surface area contributed by atoms with Gasteiger partial charge in [-0.15, -0.1) is 11.8 Å². The van der Waals surface area contributed by atoms with Crippen molar-refractivity contribution in [1.82, 2.24) is 10.3 Å². The van der Waals surface area contributed by atoms with Gasteiger partial charge in [-0.25, -0.2) is 4.98 Å². The van der Waals surface area contributed by atoms with Gasteiger partial charge in [0.2, 0.25) is 0 Å². The lowest BCUT2D eigenvalue weighted by atomic mass is 10.0. The Labute approximate surface area is 120 Å². The largest absolute Gasteiger partial charge is 0.417 e. The van der Waals surface area contributed by atoms with Crippen LogP contribution >= 0.6 is 11.8 Å². The highest BCUT2D eigenvalue weighted by molar-refractivity contribution is 7.99. The Morgan fingerprint density at radius 2 is 2.10 bits per heavy atom. The molecule has 0 spiro atoms. The van der Waals surface area contributed by atoms with Crippen LogP contribution in [0.25, 0.3) is 0 Å². The van der Waals surface area contributed by atoms with E-state index < -0.39 is 17.3 Å². The highest BCUT2D eigenvalue weighted by Crippen LogP contribution is 2.29. The fourth-order valence-electron chi connectivity index (χ4n) is 1.57. The Hall–Kier alpha value is -1.26. The summed E-state index contributed by atoms with van der Waals surface area (Å²) in [5, 5.41) is 12.7. The summed E-state index contributed by atoms with van der Waals surface area (Å²) in [5.41, 5.74) is -1.37. The van der Waals surface area contributed by atoms with Gasteiger partial charge in [-0.2, -0.15) is 18.4 Å². The van der Waals surface area contributed by atoms with E-state index >= 15 is 0 Å². The average Bonchev–Trinajstić information content (AvgIpc) is 2.38. The number of alkyl halides is 3. The first-order valence-corrected chi connectivity index (χ1v) is 7.11. The van der Waals surface area contributed by atoms with Crippen molar-refractivity contribution >= 4 is 11.8 Å². The van der Waals surface area contributed by atoms with Crippen LogP contribution in [0.5, 0.6) is 0 Å². The zero-order chi connectivity index (χ0) is 15.2. The number of hydrogen-bond donors (Lipinski definition) is 1. The molecule has 0 aliphatic rings. The molecule has 7 heteroatoms. The van der Waals surface area contributed by atoms with E-state index in [1.165, 1.54) is 17.8 Å². The standard InChI is InChI=1S/C13H16F3N3S/c1-3-19-12(2,9-17)6-7-20-11-5-4-10(8-18-11)13(14,15)16/h4-5,8,19H,3,6-7H2,1-2H3. The monoisotopic (exact) mass is 303 g/mol. The number of rotatable bonds is 6. The molecule has 20 heavy (non-hydrogen) atoms. The first-order valence-electron chi connectivity index (χ1n) is 6.13. The van der Waals surface area contributed by atoms with Gasteiger partial charge in [-0.3, -0.25) is 5.32 Å². The van der Waals surface area contributed by atoms with Crippen LogP contribution in [0, 0.1) is 11.3 Å². The van der Waals surface area contributed by atoms with E-state index in [4.69, 9.17) is 5.26 Å². The van der Waals surface area contributed by atoms with E-state index in [0.29, 0.717) is 23.7 Å². The quantitative estimate of drug-likeness (QED) is 0.817. The van der Waals surface area contributed by atoms with E-state index in [1.54, 1.807) is 6.92 Å². The summed E-state index contributed by atoms with van der Waals surface area (Å²) in [4.78, 5) is 3.78. The van der Waals surface area contributed by atoms with Gasteiger partial charge in [0.15, 0.2) is 0 Å². The number of halogens is 3. The molecular weight excluding hydrogens is 287 g/mol. The van der Waals surface area contributed by atoms with Gasteiger partial charge >= 0.3 is 6.18 Å². The molecule has 0 aromatic carbocycles. The summed E-state index contributed by atoms with van der Waals surface area (Å²) in [6.45, 7) is 4.41. The van der Waals surface area contributed by atoms with Crippen molar-refractivity contribution < 1.29 is 13.2 Å². The van der Waals surface area contributed by atoms with Crippen LogP contribution in [0.3, 0.4) is 0 Å². The summed E-state index contributed by atoms with van der Waals surface area (Å²) in [6.07, 6.45) is -2.94. The molecule has 0 aliphatic heterocycles. The first kappa shape index (κ1) is 16.8. The maximum atomic E-state index is 12.4. The third-order valence-electron chi connectivity index (χ3n) is 2.73. The second-order valence-electron chi connectivity index (χ2n) is 4.46. The van der Waals surface area contributed by atoms with Crippen LogP contribution < -0.4 is 5.32 Å². The summed E-state index contributed by atoms with van der Waals surface area (Å²) in [5.74, 6) is 0.607. The first-order chi connectivity index (χ1) is 9.30. The Balaban J connectivity index is 2.53. The molecule has 3 nitrogen and oxygen atoms in total.